The Hall–Kier alpha value is -1.97. The lowest BCUT2D eigenvalue weighted by Gasteiger charge is -2.18. The number of carbonyl (C=O) groups excluding carboxylic acids is 2. The van der Waals surface area contributed by atoms with E-state index in [0.29, 0.717) is 25.4 Å². The quantitative estimate of drug-likeness (QED) is 0.517. The van der Waals surface area contributed by atoms with Crippen molar-refractivity contribution in [2.24, 2.45) is 0 Å². The molecule has 0 saturated heterocycles. The molecule has 0 aromatic heterocycles. The number of hydrogen-bond donors (Lipinski definition) is 1. The van der Waals surface area contributed by atoms with E-state index >= 15 is 0 Å². The number of ether oxygens (including phenoxy) is 4. The number of hydrogen-bond acceptors (Lipinski definition) is 6. The normalized spacial score (nSPS) is 10.2. The Balaban J connectivity index is 2.19. The summed E-state index contributed by atoms with van der Waals surface area (Å²) in [5, 5.41) is 3.14. The molecule has 0 unspecified atom stereocenters. The highest BCUT2D eigenvalue weighted by atomic mass is 79.9. The molecule has 0 aliphatic carbocycles. The van der Waals surface area contributed by atoms with Gasteiger partial charge in [0.15, 0.2) is 18.1 Å². The van der Waals surface area contributed by atoms with Crippen LogP contribution in [0.5, 0.6) is 17.2 Å². The Bertz CT molecular complexity index is 858. The topological polar surface area (TPSA) is 83.1 Å². The number of esters is 1. The molecule has 28 heavy (non-hydrogen) atoms. The van der Waals surface area contributed by atoms with E-state index in [0.717, 1.165) is 0 Å². The molecule has 0 atom stereocenters. The van der Waals surface area contributed by atoms with Crippen LogP contribution in [-0.4, -0.2) is 39.8 Å². The predicted octanol–water partition coefficient (Wildman–Crippen LogP) is 4.69. The summed E-state index contributed by atoms with van der Waals surface area (Å²) in [6.07, 6.45) is 0. The van der Waals surface area contributed by atoms with Gasteiger partial charge in [-0.3, -0.25) is 4.79 Å². The zero-order valence-electron chi connectivity index (χ0n) is 15.1. The van der Waals surface area contributed by atoms with Gasteiger partial charge in [0, 0.05) is 10.7 Å². The molecule has 150 valence electrons. The van der Waals surface area contributed by atoms with Gasteiger partial charge >= 0.3 is 5.97 Å². The van der Waals surface area contributed by atoms with Gasteiger partial charge in [-0.05, 0) is 56.1 Å². The van der Waals surface area contributed by atoms with E-state index in [2.05, 4.69) is 37.2 Å². The molecule has 2 rings (SSSR count). The molecule has 0 spiro atoms. The minimum Gasteiger partial charge on any atom is -0.492 e. The molecule has 0 radical (unpaired) electrons. The summed E-state index contributed by atoms with van der Waals surface area (Å²) < 4.78 is 21.6. The third-order valence-electron chi connectivity index (χ3n) is 3.53. The number of carbonyl (C=O) groups is 2. The third kappa shape index (κ3) is 4.89. The number of halogens is 3. The van der Waals surface area contributed by atoms with Gasteiger partial charge in [0.25, 0.3) is 5.91 Å². The van der Waals surface area contributed by atoms with Crippen molar-refractivity contribution in [1.82, 2.24) is 0 Å². The van der Waals surface area contributed by atoms with Gasteiger partial charge in [0.1, 0.15) is 0 Å². The molecule has 7 nitrogen and oxygen atoms in total. The van der Waals surface area contributed by atoms with Crippen LogP contribution in [0, 0.1) is 0 Å². The Kier molecular flexibility index (Phi) is 7.97. The molecular weight excluding hydrogens is 521 g/mol. The standard InChI is InChI=1S/C18H16Br2ClNO6/c1-25-15-13(19)12(14(20)16(26-2)17(15)27-3)18(24)28-8-11(23)22-10-6-4-9(21)5-7-10/h4-7H,8H2,1-3H3,(H,22,23). The van der Waals surface area contributed by atoms with Crippen molar-refractivity contribution in [3.63, 3.8) is 0 Å². The van der Waals surface area contributed by atoms with Crippen LogP contribution >= 0.6 is 43.5 Å². The first-order chi connectivity index (χ1) is 13.3. The van der Waals surface area contributed by atoms with E-state index in [1.54, 1.807) is 24.3 Å². The van der Waals surface area contributed by atoms with Crippen LogP contribution in [0.25, 0.3) is 0 Å². The van der Waals surface area contributed by atoms with Crippen molar-refractivity contribution in [3.8, 4) is 17.2 Å². The summed E-state index contributed by atoms with van der Waals surface area (Å²) in [5.41, 5.74) is 0.620. The summed E-state index contributed by atoms with van der Waals surface area (Å²) >= 11 is 12.4. The van der Waals surface area contributed by atoms with Crippen molar-refractivity contribution in [2.45, 2.75) is 0 Å². The molecular formula is C18H16Br2ClNO6. The Labute approximate surface area is 183 Å². The second-order valence-corrected chi connectivity index (χ2v) is 7.26. The summed E-state index contributed by atoms with van der Waals surface area (Å²) in [6, 6.07) is 6.53. The van der Waals surface area contributed by atoms with Gasteiger partial charge < -0.3 is 24.3 Å². The molecule has 0 aliphatic heterocycles. The first-order valence-electron chi connectivity index (χ1n) is 7.73. The van der Waals surface area contributed by atoms with E-state index in [-0.39, 0.29) is 17.1 Å². The lowest BCUT2D eigenvalue weighted by atomic mass is 10.2. The zero-order valence-corrected chi connectivity index (χ0v) is 19.0. The van der Waals surface area contributed by atoms with E-state index in [1.807, 2.05) is 0 Å². The summed E-state index contributed by atoms with van der Waals surface area (Å²) in [4.78, 5) is 24.6. The number of methoxy groups -OCH3 is 3. The second kappa shape index (κ2) is 9.99. The smallest absolute Gasteiger partial charge is 0.341 e. The van der Waals surface area contributed by atoms with Crippen molar-refractivity contribution >= 4 is 61.0 Å². The number of benzene rings is 2. The van der Waals surface area contributed by atoms with Crippen LogP contribution in [0.1, 0.15) is 10.4 Å². The van der Waals surface area contributed by atoms with Crippen LogP contribution in [-0.2, 0) is 9.53 Å². The van der Waals surface area contributed by atoms with Crippen molar-refractivity contribution in [1.29, 1.82) is 0 Å². The monoisotopic (exact) mass is 535 g/mol. The van der Waals surface area contributed by atoms with Crippen molar-refractivity contribution in [2.75, 3.05) is 33.3 Å². The second-order valence-electron chi connectivity index (χ2n) is 5.23. The number of anilines is 1. The van der Waals surface area contributed by atoms with Crippen LogP contribution in [0.2, 0.25) is 5.02 Å². The maximum Gasteiger partial charge on any atom is 0.341 e. The molecule has 0 aliphatic rings. The summed E-state index contributed by atoms with van der Waals surface area (Å²) in [6.45, 7) is -0.489. The zero-order chi connectivity index (χ0) is 20.8. The minimum absolute atomic E-state index is 0.0915. The SMILES string of the molecule is COc1c(Br)c(C(=O)OCC(=O)Nc2ccc(Cl)cc2)c(Br)c(OC)c1OC. The fourth-order valence-corrected chi connectivity index (χ4v) is 4.08. The Morgan fingerprint density at radius 3 is 1.89 bits per heavy atom. The maximum absolute atomic E-state index is 12.6. The summed E-state index contributed by atoms with van der Waals surface area (Å²) in [5.74, 6) is -0.472. The fraction of sp³-hybridized carbons (Fsp3) is 0.222. The first-order valence-corrected chi connectivity index (χ1v) is 9.69. The highest BCUT2D eigenvalue weighted by Gasteiger charge is 2.29. The van der Waals surface area contributed by atoms with Gasteiger partial charge in [0.2, 0.25) is 5.75 Å². The molecule has 10 heteroatoms. The lowest BCUT2D eigenvalue weighted by molar-refractivity contribution is -0.119. The average molecular weight is 538 g/mol. The molecule has 0 saturated carbocycles. The number of rotatable bonds is 7. The molecule has 0 heterocycles. The van der Waals surface area contributed by atoms with Crippen LogP contribution in [0.4, 0.5) is 5.69 Å². The Morgan fingerprint density at radius 2 is 1.43 bits per heavy atom. The van der Waals surface area contributed by atoms with Crippen molar-refractivity contribution < 1.29 is 28.5 Å². The van der Waals surface area contributed by atoms with Gasteiger partial charge in [-0.2, -0.15) is 0 Å². The van der Waals surface area contributed by atoms with E-state index < -0.39 is 18.5 Å². The molecule has 2 aromatic carbocycles. The van der Waals surface area contributed by atoms with Gasteiger partial charge in [-0.25, -0.2) is 4.79 Å². The van der Waals surface area contributed by atoms with Gasteiger partial charge in [-0.1, -0.05) is 11.6 Å². The average Bonchev–Trinajstić information content (AvgIpc) is 2.67. The van der Waals surface area contributed by atoms with E-state index in [1.165, 1.54) is 21.3 Å². The molecule has 0 bridgehead atoms. The number of amides is 1. The number of nitrogens with one attached hydrogen (secondary N) is 1. The van der Waals surface area contributed by atoms with Crippen LogP contribution in [0.15, 0.2) is 33.2 Å². The lowest BCUT2D eigenvalue weighted by Crippen LogP contribution is -2.21. The summed E-state index contributed by atoms with van der Waals surface area (Å²) in [7, 11) is 4.29. The molecule has 2 aromatic rings. The van der Waals surface area contributed by atoms with E-state index in [9.17, 15) is 9.59 Å². The third-order valence-corrected chi connectivity index (χ3v) is 5.29. The molecule has 1 amide bonds. The molecule has 0 fully saturated rings. The largest absolute Gasteiger partial charge is 0.492 e. The predicted molar refractivity (Wildman–Crippen MR) is 112 cm³/mol. The van der Waals surface area contributed by atoms with Crippen LogP contribution in [0.3, 0.4) is 0 Å². The molecule has 1 N–H and O–H groups in total. The first kappa shape index (κ1) is 22.3. The maximum atomic E-state index is 12.6. The van der Waals surface area contributed by atoms with Gasteiger partial charge in [-0.15, -0.1) is 0 Å². The highest BCUT2D eigenvalue weighted by Crippen LogP contribution is 2.50. The van der Waals surface area contributed by atoms with Crippen molar-refractivity contribution in [3.05, 3.63) is 43.8 Å². The fourth-order valence-electron chi connectivity index (χ4n) is 2.29. The Morgan fingerprint density at radius 1 is 0.929 bits per heavy atom. The van der Waals surface area contributed by atoms with Gasteiger partial charge in [0.05, 0.1) is 35.8 Å². The van der Waals surface area contributed by atoms with E-state index in [4.69, 9.17) is 30.5 Å². The van der Waals surface area contributed by atoms with Crippen LogP contribution < -0.4 is 19.5 Å². The highest BCUT2D eigenvalue weighted by molar-refractivity contribution is 9.11. The minimum atomic E-state index is -0.760.